The van der Waals surface area contributed by atoms with Crippen LogP contribution in [0, 0.1) is 11.3 Å². The number of quaternary nitrogens is 2. The molecule has 1 unspecified atom stereocenters. The van der Waals surface area contributed by atoms with Crippen LogP contribution >= 0.6 is 0 Å². The summed E-state index contributed by atoms with van der Waals surface area (Å²) in [5.41, 5.74) is 3.63. The number of H-pyrrole nitrogens is 1. The second kappa shape index (κ2) is 7.42. The van der Waals surface area contributed by atoms with Gasteiger partial charge in [-0.05, 0) is 25.3 Å². The number of pyridine rings is 1. The number of fused-ring (bicyclic) bond motifs is 1. The van der Waals surface area contributed by atoms with Crippen molar-refractivity contribution in [2.45, 2.75) is 32.7 Å². The van der Waals surface area contributed by atoms with Crippen LogP contribution in [0.4, 0.5) is 11.6 Å². The molecular formula is C20H33N6+3. The molecule has 0 aliphatic carbocycles. The third-order valence-corrected chi connectivity index (χ3v) is 6.53. The van der Waals surface area contributed by atoms with Crippen LogP contribution < -0.4 is 24.6 Å². The number of rotatable bonds is 3. The van der Waals surface area contributed by atoms with Gasteiger partial charge in [-0.1, -0.05) is 0 Å². The van der Waals surface area contributed by atoms with E-state index in [4.69, 9.17) is 0 Å². The predicted octanol–water partition coefficient (Wildman–Crippen LogP) is -1.73. The number of aromatic amines is 1. The van der Waals surface area contributed by atoms with Gasteiger partial charge >= 0.3 is 0 Å². The van der Waals surface area contributed by atoms with Crippen LogP contribution in [-0.4, -0.2) is 59.4 Å². The summed E-state index contributed by atoms with van der Waals surface area (Å²) in [4.78, 5) is 11.9. The summed E-state index contributed by atoms with van der Waals surface area (Å²) < 4.78 is 0. The number of hydrogen-bond acceptors (Lipinski definition) is 3. The first-order valence-electron chi connectivity index (χ1n) is 10.4. The van der Waals surface area contributed by atoms with Crippen LogP contribution in [0.25, 0.3) is 0 Å². The molecular weight excluding hydrogens is 324 g/mol. The molecule has 1 atom stereocenters. The number of aromatic nitrogens is 1. The van der Waals surface area contributed by atoms with Gasteiger partial charge in [-0.15, -0.1) is 0 Å². The van der Waals surface area contributed by atoms with Crippen molar-refractivity contribution in [3.8, 4) is 6.07 Å². The van der Waals surface area contributed by atoms with Gasteiger partial charge in [0.15, 0.2) is 0 Å². The van der Waals surface area contributed by atoms with Gasteiger partial charge in [0.25, 0.3) is 0 Å². The Hall–Kier alpha value is -1.84. The summed E-state index contributed by atoms with van der Waals surface area (Å²) in [5, 5.41) is 10.0. The monoisotopic (exact) mass is 357 g/mol. The topological polar surface area (TPSA) is 53.3 Å². The standard InChI is InChI=1S/C20H30N6/c1-3-24-10-12-26(13-11-24)19-17(14-21)16-6-9-23(2)15-18(16)20(22-19)25-7-4-5-8-25/h3-13,15H2,1-2H3/p+3. The lowest BCUT2D eigenvalue weighted by atomic mass is 9.95. The van der Waals surface area contributed by atoms with Crippen LogP contribution in [0.15, 0.2) is 0 Å². The highest BCUT2D eigenvalue weighted by atomic mass is 15.3. The first kappa shape index (κ1) is 17.6. The smallest absolute Gasteiger partial charge is 0.240 e. The molecule has 2 fully saturated rings. The van der Waals surface area contributed by atoms with Gasteiger partial charge in [0, 0.05) is 6.42 Å². The van der Waals surface area contributed by atoms with Crippen LogP contribution in [0.2, 0.25) is 0 Å². The highest BCUT2D eigenvalue weighted by molar-refractivity contribution is 5.62. The van der Waals surface area contributed by atoms with Crippen molar-refractivity contribution >= 4 is 11.6 Å². The van der Waals surface area contributed by atoms with Gasteiger partial charge in [0.05, 0.1) is 38.8 Å². The van der Waals surface area contributed by atoms with E-state index in [1.165, 1.54) is 36.3 Å². The SMILES string of the molecule is CC[NH+]1CCN(c2[nH+]c(N3CCCC3)c3c(c2C#N)CC[NH+](C)C3)CC1. The Bertz CT molecular complexity index is 695. The van der Waals surface area contributed by atoms with Crippen molar-refractivity contribution in [2.75, 3.05) is 69.2 Å². The predicted molar refractivity (Wildman–Crippen MR) is 102 cm³/mol. The average molecular weight is 358 g/mol. The fourth-order valence-corrected chi connectivity index (χ4v) is 4.85. The maximum atomic E-state index is 10.0. The molecule has 140 valence electrons. The number of nitrogens with one attached hydrogen (secondary N) is 3. The van der Waals surface area contributed by atoms with Crippen molar-refractivity contribution in [1.29, 1.82) is 5.26 Å². The van der Waals surface area contributed by atoms with Crippen molar-refractivity contribution in [1.82, 2.24) is 0 Å². The van der Waals surface area contributed by atoms with Gasteiger partial charge in [0.1, 0.15) is 44.4 Å². The maximum Gasteiger partial charge on any atom is 0.240 e. The molecule has 0 radical (unpaired) electrons. The van der Waals surface area contributed by atoms with Crippen LogP contribution in [-0.2, 0) is 13.0 Å². The van der Waals surface area contributed by atoms with Crippen molar-refractivity contribution < 1.29 is 14.8 Å². The minimum Gasteiger partial charge on any atom is -0.333 e. The van der Waals surface area contributed by atoms with E-state index in [1.54, 1.807) is 9.80 Å². The van der Waals surface area contributed by atoms with E-state index in [9.17, 15) is 5.26 Å². The molecule has 6 heteroatoms. The zero-order chi connectivity index (χ0) is 18.1. The summed E-state index contributed by atoms with van der Waals surface area (Å²) in [5.74, 6) is 2.39. The Labute approximate surface area is 157 Å². The molecule has 0 amide bonds. The normalized spacial score (nSPS) is 23.8. The minimum absolute atomic E-state index is 0.912. The van der Waals surface area contributed by atoms with Gasteiger partial charge in [-0.25, -0.2) is 4.98 Å². The van der Waals surface area contributed by atoms with Crippen LogP contribution in [0.3, 0.4) is 0 Å². The van der Waals surface area contributed by atoms with Crippen LogP contribution in [0.1, 0.15) is 36.5 Å². The molecule has 0 aromatic carbocycles. The zero-order valence-electron chi connectivity index (χ0n) is 16.3. The lowest BCUT2D eigenvalue weighted by Crippen LogP contribution is -3.14. The summed E-state index contributed by atoms with van der Waals surface area (Å²) >= 11 is 0. The maximum absolute atomic E-state index is 10.0. The highest BCUT2D eigenvalue weighted by Gasteiger charge is 2.35. The third-order valence-electron chi connectivity index (χ3n) is 6.53. The van der Waals surface area contributed by atoms with Crippen molar-refractivity contribution in [3.05, 3.63) is 16.7 Å². The third kappa shape index (κ3) is 3.15. The number of piperazine rings is 1. The van der Waals surface area contributed by atoms with E-state index in [1.807, 2.05) is 0 Å². The Morgan fingerprint density at radius 2 is 1.69 bits per heavy atom. The molecule has 26 heavy (non-hydrogen) atoms. The molecule has 0 saturated carbocycles. The number of likely N-dealkylation sites (N-methyl/N-ethyl adjacent to an activating group) is 2. The molecule has 0 bridgehead atoms. The number of anilines is 2. The minimum atomic E-state index is 0.912. The molecule has 4 rings (SSSR count). The molecule has 1 aromatic heterocycles. The van der Waals surface area contributed by atoms with E-state index < -0.39 is 0 Å². The fourth-order valence-electron chi connectivity index (χ4n) is 4.85. The molecule has 2 saturated heterocycles. The lowest BCUT2D eigenvalue weighted by molar-refractivity contribution is -0.898. The van der Waals surface area contributed by atoms with E-state index in [-0.39, 0.29) is 0 Å². The highest BCUT2D eigenvalue weighted by Crippen LogP contribution is 2.30. The van der Waals surface area contributed by atoms with Crippen molar-refractivity contribution in [2.24, 2.45) is 0 Å². The number of hydrogen-bond donors (Lipinski definition) is 2. The molecule has 4 heterocycles. The molecule has 3 N–H and O–H groups in total. The first-order chi connectivity index (χ1) is 12.7. The fraction of sp³-hybridized carbons (Fsp3) is 0.700. The van der Waals surface area contributed by atoms with E-state index >= 15 is 0 Å². The largest absolute Gasteiger partial charge is 0.333 e. The number of nitrogens with zero attached hydrogens (tertiary/aromatic N) is 3. The lowest BCUT2D eigenvalue weighted by Gasteiger charge is -2.32. The quantitative estimate of drug-likeness (QED) is 0.676. The average Bonchev–Trinajstić information content (AvgIpc) is 3.21. The van der Waals surface area contributed by atoms with Crippen molar-refractivity contribution in [3.63, 3.8) is 0 Å². The van der Waals surface area contributed by atoms with Gasteiger partial charge in [-0.2, -0.15) is 5.26 Å². The molecule has 1 aromatic rings. The second-order valence-electron chi connectivity index (χ2n) is 8.18. The molecule has 0 spiro atoms. The number of nitriles is 1. The Morgan fingerprint density at radius 3 is 2.35 bits per heavy atom. The summed E-state index contributed by atoms with van der Waals surface area (Å²) in [7, 11) is 2.27. The Kier molecular flexibility index (Phi) is 5.01. The first-order valence-corrected chi connectivity index (χ1v) is 10.4. The molecule has 3 aliphatic rings. The molecule has 3 aliphatic heterocycles. The Balaban J connectivity index is 1.76. The second-order valence-corrected chi connectivity index (χ2v) is 8.18. The van der Waals surface area contributed by atoms with E-state index in [0.29, 0.717) is 0 Å². The zero-order valence-corrected chi connectivity index (χ0v) is 16.3. The van der Waals surface area contributed by atoms with E-state index in [2.05, 4.69) is 34.8 Å². The summed E-state index contributed by atoms with van der Waals surface area (Å²) in [6, 6.07) is 2.57. The summed E-state index contributed by atoms with van der Waals surface area (Å²) in [6.07, 6.45) is 3.57. The molecule has 6 nitrogen and oxygen atoms in total. The summed E-state index contributed by atoms with van der Waals surface area (Å²) in [6.45, 7) is 12.3. The van der Waals surface area contributed by atoms with Gasteiger partial charge < -0.3 is 9.80 Å². The Morgan fingerprint density at radius 1 is 1.00 bits per heavy atom. The van der Waals surface area contributed by atoms with Gasteiger partial charge in [0.2, 0.25) is 11.6 Å². The van der Waals surface area contributed by atoms with Crippen LogP contribution in [0.5, 0.6) is 0 Å². The van der Waals surface area contributed by atoms with Gasteiger partial charge in [-0.3, -0.25) is 9.80 Å². The van der Waals surface area contributed by atoms with E-state index in [0.717, 1.165) is 70.2 Å².